The van der Waals surface area contributed by atoms with Crippen molar-refractivity contribution in [1.82, 2.24) is 80.1 Å². The minimum Gasteiger partial charge on any atom is -0.480 e. The number of nitrogens with two attached hydrogens (primary N) is 1. The maximum atomic E-state index is 14.4. The minimum absolute atomic E-state index is 0.00497. The Morgan fingerprint density at radius 3 is 1.03 bits per heavy atom. The zero-order chi connectivity index (χ0) is 80.5. The van der Waals surface area contributed by atoms with Gasteiger partial charge in [-0.05, 0) is 64.3 Å². The van der Waals surface area contributed by atoms with Crippen LogP contribution in [-0.4, -0.2) is 458 Å². The van der Waals surface area contributed by atoms with Gasteiger partial charge in [0.25, 0.3) is 0 Å². The number of hydrogen-bond acceptors (Lipinski definition) is 30. The van der Waals surface area contributed by atoms with Gasteiger partial charge in [0.15, 0.2) is 0 Å². The van der Waals surface area contributed by atoms with Gasteiger partial charge in [0.2, 0.25) is 23.6 Å². The molecule has 3 aliphatic rings. The molecular formula is C69H117N17O23. The number of nitrogens with one attached hydrogen (secondary N) is 4. The van der Waals surface area contributed by atoms with Gasteiger partial charge in [-0.15, -0.1) is 0 Å². The zero-order valence-corrected chi connectivity index (χ0v) is 62.6. The number of carbonyl (C=O) groups is 17. The fourth-order valence-corrected chi connectivity index (χ4v) is 13.3. The molecule has 3 heterocycles. The first kappa shape index (κ1) is 95.1. The van der Waals surface area contributed by atoms with Crippen molar-refractivity contribution in [2.45, 2.75) is 107 Å². The third-order valence-corrected chi connectivity index (χ3v) is 19.6. The van der Waals surface area contributed by atoms with Crippen LogP contribution in [0.2, 0.25) is 0 Å². The molecule has 3 rings (SSSR count). The van der Waals surface area contributed by atoms with E-state index in [-0.39, 0.29) is 221 Å². The number of carboxylic acids is 6. The predicted molar refractivity (Wildman–Crippen MR) is 391 cm³/mol. The van der Waals surface area contributed by atoms with Crippen molar-refractivity contribution < 1.29 is 112 Å². The van der Waals surface area contributed by atoms with Crippen LogP contribution in [0, 0.1) is 0 Å². The van der Waals surface area contributed by atoms with E-state index < -0.39 is 115 Å². The monoisotopic (exact) mass is 1550 g/mol. The van der Waals surface area contributed by atoms with Gasteiger partial charge in [0, 0.05) is 176 Å². The van der Waals surface area contributed by atoms with Crippen LogP contribution >= 0.6 is 0 Å². The molecule has 12 N–H and O–H groups in total. The number of amides is 4. The summed E-state index contributed by atoms with van der Waals surface area (Å²) >= 11 is 0. The van der Waals surface area contributed by atoms with Crippen LogP contribution in [0.1, 0.15) is 70.6 Å². The summed E-state index contributed by atoms with van der Waals surface area (Å²) in [6.07, 6.45) is 4.61. The standard InChI is InChI=1S/C69H117N17O23/c70-66(104)56(5-1-4-12-72-60(94)10-8-58(68(106)107)85-33-26-78(40-45-90)17-13-75(37-42-87)14-18-79(27-34-85)41-46-91)74-67(105)57(73-61(95)9-7-55(53-93)84-31-25-77(39-44-89)16-15-76(38-43-88)19-20-81(28-32-84)49-63(98)99)6-2-3-11-71-54(52-92)47-59(69(108)109)86-35-29-82(50-64(100)101)23-21-80(48-62(96)97)22-24-83(30-36-86)51-65(102)103/h42-46,52-59,71H,1-41,47-51H2,(H2,70,104)(H,72,94)(H,73,95)(H,74,105)(H,96,97)(H,98,99)(H,100,101)(H,102,103)(H,106,107)(H,108,109)/t54?,55?,56-,57-,58?,59?/m0/s1. The molecule has 0 bridgehead atoms. The van der Waals surface area contributed by atoms with Gasteiger partial charge in [-0.2, -0.15) is 0 Å². The Labute approximate surface area is 635 Å². The first-order valence-electron chi connectivity index (χ1n) is 37.3. The van der Waals surface area contributed by atoms with E-state index in [9.17, 15) is 112 Å². The molecule has 3 saturated heterocycles. The van der Waals surface area contributed by atoms with E-state index in [0.717, 1.165) is 31.4 Å². The van der Waals surface area contributed by atoms with Crippen LogP contribution in [-0.2, 0) is 81.5 Å². The first-order valence-corrected chi connectivity index (χ1v) is 37.3. The van der Waals surface area contributed by atoms with Crippen LogP contribution in [0.5, 0.6) is 0 Å². The number of primary amides is 1. The van der Waals surface area contributed by atoms with Crippen LogP contribution in [0.4, 0.5) is 0 Å². The highest BCUT2D eigenvalue weighted by molar-refractivity contribution is 5.91. The highest BCUT2D eigenvalue weighted by atomic mass is 16.4. The van der Waals surface area contributed by atoms with Crippen LogP contribution in [0.25, 0.3) is 0 Å². The molecule has 109 heavy (non-hydrogen) atoms. The highest BCUT2D eigenvalue weighted by Gasteiger charge is 2.34. The lowest BCUT2D eigenvalue weighted by Gasteiger charge is -2.36. The first-order chi connectivity index (χ1) is 52.2. The second kappa shape index (κ2) is 55.3. The molecule has 616 valence electrons. The minimum atomic E-state index is -1.36. The van der Waals surface area contributed by atoms with Gasteiger partial charge >= 0.3 is 35.8 Å². The van der Waals surface area contributed by atoms with Crippen LogP contribution < -0.4 is 27.0 Å². The van der Waals surface area contributed by atoms with Gasteiger partial charge in [-0.25, -0.2) is 0 Å². The van der Waals surface area contributed by atoms with Crippen molar-refractivity contribution in [3.8, 4) is 0 Å². The average molecular weight is 1550 g/mol. The van der Waals surface area contributed by atoms with E-state index in [2.05, 4.69) is 21.3 Å². The van der Waals surface area contributed by atoms with Crippen molar-refractivity contribution in [3.63, 3.8) is 0 Å². The fourth-order valence-electron chi connectivity index (χ4n) is 13.3. The summed E-state index contributed by atoms with van der Waals surface area (Å²) in [5.41, 5.74) is 5.84. The van der Waals surface area contributed by atoms with E-state index in [4.69, 9.17) is 5.73 Å². The zero-order valence-electron chi connectivity index (χ0n) is 62.6. The molecule has 40 heteroatoms. The second-order valence-corrected chi connectivity index (χ2v) is 27.5. The number of carboxylic acid groups (broad SMARTS) is 6. The Hall–Kier alpha value is -8.13. The smallest absolute Gasteiger partial charge is 0.320 e. The molecule has 4 amide bonds. The van der Waals surface area contributed by atoms with E-state index in [0.29, 0.717) is 71.5 Å². The number of carbonyl (C=O) groups excluding carboxylic acids is 11. The van der Waals surface area contributed by atoms with Gasteiger partial charge in [0.05, 0.1) is 71.0 Å². The second-order valence-electron chi connectivity index (χ2n) is 27.5. The van der Waals surface area contributed by atoms with E-state index in [1.54, 1.807) is 19.6 Å². The quantitative estimate of drug-likeness (QED) is 0.0199. The largest absolute Gasteiger partial charge is 0.480 e. The maximum Gasteiger partial charge on any atom is 0.320 e. The Kier molecular flexibility index (Phi) is 48.2. The van der Waals surface area contributed by atoms with Gasteiger partial charge in [0.1, 0.15) is 68.2 Å². The number of aldehydes is 7. The Balaban J connectivity index is 1.82. The highest BCUT2D eigenvalue weighted by Crippen LogP contribution is 2.16. The topological polar surface area (TPSA) is 525 Å². The lowest BCUT2D eigenvalue weighted by Crippen LogP contribution is -2.53. The molecular weight excluding hydrogens is 1430 g/mol. The summed E-state index contributed by atoms with van der Waals surface area (Å²) in [6, 6.07) is -7.15. The van der Waals surface area contributed by atoms with Crippen molar-refractivity contribution in [1.29, 1.82) is 0 Å². The van der Waals surface area contributed by atoms with Crippen LogP contribution in [0.3, 0.4) is 0 Å². The lowest BCUT2D eigenvalue weighted by molar-refractivity contribution is -0.145. The molecule has 0 aromatic rings. The fraction of sp³-hybridized carbons (Fsp3) is 0.754. The summed E-state index contributed by atoms with van der Waals surface area (Å²) in [6.45, 7) is 4.08. The predicted octanol–water partition coefficient (Wildman–Crippen LogP) is -7.52. The molecule has 0 aliphatic carbocycles. The van der Waals surface area contributed by atoms with Crippen molar-refractivity contribution in [2.75, 3.05) is 229 Å². The summed E-state index contributed by atoms with van der Waals surface area (Å²) in [5.74, 6) is -10.0. The molecule has 3 aliphatic heterocycles. The van der Waals surface area contributed by atoms with E-state index in [1.807, 2.05) is 24.5 Å². The SMILES string of the molecule is NC(=O)[C@H](CCCCNC(=O)CCC(C(=O)O)N1CCN(CC=O)CCN(CC=O)CCN(CC=O)CC1)NC(=O)[C@H](CCCCNC(C=O)CC(C(=O)O)N1CCN(CC(=O)O)CCN(CC(=O)O)CCN(CC(=O)O)CC1)NC(=O)CCC(C=O)N1CCN(CC=O)CCN(CC=O)CCN(CC(=O)O)CC1. The molecule has 6 atom stereocenters. The maximum absolute atomic E-state index is 14.4. The van der Waals surface area contributed by atoms with E-state index >= 15 is 0 Å². The third-order valence-electron chi connectivity index (χ3n) is 19.6. The average Bonchev–Trinajstić information content (AvgIpc) is 0.866. The van der Waals surface area contributed by atoms with E-state index in [1.165, 1.54) is 14.7 Å². The Bertz CT molecular complexity index is 2820. The number of nitrogens with zero attached hydrogens (tertiary/aromatic N) is 12. The number of rotatable bonds is 48. The normalized spacial score (nSPS) is 19.6. The van der Waals surface area contributed by atoms with Crippen molar-refractivity contribution in [2.24, 2.45) is 5.73 Å². The van der Waals surface area contributed by atoms with Gasteiger partial charge in [-0.1, -0.05) is 0 Å². The molecule has 0 aromatic heterocycles. The summed E-state index contributed by atoms with van der Waals surface area (Å²) < 4.78 is 0. The Morgan fingerprint density at radius 2 is 0.679 bits per heavy atom. The van der Waals surface area contributed by atoms with Gasteiger partial charge in [-0.3, -0.25) is 107 Å². The van der Waals surface area contributed by atoms with Crippen molar-refractivity contribution >= 4 is 103 Å². The summed E-state index contributed by atoms with van der Waals surface area (Å²) in [5, 5.41) is 71.0. The number of unbranched alkanes of at least 4 members (excludes halogenated alkanes) is 2. The number of aliphatic carboxylic acids is 6. The third kappa shape index (κ3) is 40.9. The molecule has 40 nitrogen and oxygen atoms in total. The molecule has 4 unspecified atom stereocenters. The lowest BCUT2D eigenvalue weighted by atomic mass is 10.0. The summed E-state index contributed by atoms with van der Waals surface area (Å²) in [4.78, 5) is 232. The van der Waals surface area contributed by atoms with Crippen LogP contribution in [0.15, 0.2) is 0 Å². The summed E-state index contributed by atoms with van der Waals surface area (Å²) in [7, 11) is 0. The molecule has 0 aromatic carbocycles. The molecule has 0 radical (unpaired) electrons. The number of hydrogen-bond donors (Lipinski definition) is 11. The Morgan fingerprint density at radius 1 is 0.349 bits per heavy atom. The van der Waals surface area contributed by atoms with Crippen molar-refractivity contribution in [3.05, 3.63) is 0 Å². The molecule has 0 spiro atoms. The van der Waals surface area contributed by atoms with Gasteiger partial charge < -0.3 is 91.2 Å². The molecule has 0 saturated carbocycles. The molecule has 3 fully saturated rings.